The summed E-state index contributed by atoms with van der Waals surface area (Å²) in [6, 6.07) is 8.01. The number of benzene rings is 1. The lowest BCUT2D eigenvalue weighted by Gasteiger charge is -1.89. The molecule has 0 amide bonds. The molecule has 0 aliphatic carbocycles. The van der Waals surface area contributed by atoms with Crippen molar-refractivity contribution in [2.24, 2.45) is 0 Å². The van der Waals surface area contributed by atoms with Gasteiger partial charge in [-0.1, -0.05) is 18.2 Å². The zero-order valence-electron chi connectivity index (χ0n) is 6.01. The Morgan fingerprint density at radius 2 is 1.92 bits per heavy atom. The molecule has 1 unspecified atom stereocenters. The SMILES string of the molecule is O=C(O[P+](=O)O)c1ccccc1. The van der Waals surface area contributed by atoms with Gasteiger partial charge in [0.25, 0.3) is 0 Å². The van der Waals surface area contributed by atoms with Crippen LogP contribution in [0.4, 0.5) is 0 Å². The van der Waals surface area contributed by atoms with E-state index in [1.165, 1.54) is 12.1 Å². The smallest absolute Gasteiger partial charge is 0.241 e. The zero-order valence-corrected chi connectivity index (χ0v) is 6.90. The Hall–Kier alpha value is -1.25. The minimum absolute atomic E-state index is 0.259. The van der Waals surface area contributed by atoms with Crippen molar-refractivity contribution in [2.75, 3.05) is 0 Å². The summed E-state index contributed by atoms with van der Waals surface area (Å²) in [5.74, 6) is -0.792. The standard InChI is InChI=1S/C7H5O4P/c8-7(11-12(9)10)6-4-2-1-3-5-6/h1-5H/p+1. The van der Waals surface area contributed by atoms with Crippen molar-refractivity contribution >= 4 is 14.2 Å². The molecule has 0 saturated carbocycles. The highest BCUT2D eigenvalue weighted by Gasteiger charge is 2.21. The molecule has 4 nitrogen and oxygen atoms in total. The first-order valence-electron chi connectivity index (χ1n) is 3.13. The van der Waals surface area contributed by atoms with E-state index in [0.717, 1.165) is 0 Å². The van der Waals surface area contributed by atoms with Crippen LogP contribution in [0.25, 0.3) is 0 Å². The second-order valence-electron chi connectivity index (χ2n) is 1.98. The molecule has 1 rings (SSSR count). The monoisotopic (exact) mass is 185 g/mol. The Morgan fingerprint density at radius 3 is 2.42 bits per heavy atom. The summed E-state index contributed by atoms with van der Waals surface area (Å²) in [5, 5.41) is 0. The van der Waals surface area contributed by atoms with Crippen LogP contribution < -0.4 is 0 Å². The molecule has 62 valence electrons. The topological polar surface area (TPSA) is 63.6 Å². The first-order chi connectivity index (χ1) is 5.70. The van der Waals surface area contributed by atoms with Gasteiger partial charge in [-0.15, -0.1) is 4.89 Å². The molecule has 5 heteroatoms. The van der Waals surface area contributed by atoms with Crippen LogP contribution in [-0.2, 0) is 9.09 Å². The molecule has 12 heavy (non-hydrogen) atoms. The second kappa shape index (κ2) is 3.95. The third-order valence-corrected chi connectivity index (χ3v) is 1.49. The summed E-state index contributed by atoms with van der Waals surface area (Å²) in [5.41, 5.74) is 0.259. The molecule has 0 fully saturated rings. The Kier molecular flexibility index (Phi) is 2.91. The third-order valence-electron chi connectivity index (χ3n) is 1.17. The van der Waals surface area contributed by atoms with Gasteiger partial charge in [0.15, 0.2) is 0 Å². The highest BCUT2D eigenvalue weighted by atomic mass is 31.1. The molecular weight excluding hydrogens is 179 g/mol. The average Bonchev–Trinajstić information content (AvgIpc) is 2.05. The van der Waals surface area contributed by atoms with Crippen LogP contribution in [-0.4, -0.2) is 10.9 Å². The summed E-state index contributed by atoms with van der Waals surface area (Å²) in [6.45, 7) is 0. The normalized spacial score (nSPS) is 10.6. The predicted molar refractivity (Wildman–Crippen MR) is 41.7 cm³/mol. The summed E-state index contributed by atoms with van der Waals surface area (Å²) >= 11 is 0. The van der Waals surface area contributed by atoms with Crippen LogP contribution in [0.1, 0.15) is 10.4 Å². The molecule has 0 aliphatic rings. The molecule has 1 N–H and O–H groups in total. The third kappa shape index (κ3) is 2.42. The van der Waals surface area contributed by atoms with Gasteiger partial charge in [0.2, 0.25) is 0 Å². The molecule has 0 heterocycles. The summed E-state index contributed by atoms with van der Waals surface area (Å²) in [7, 11) is -2.86. The highest BCUT2D eigenvalue weighted by molar-refractivity contribution is 7.32. The molecule has 0 aliphatic heterocycles. The molecule has 0 radical (unpaired) electrons. The first-order valence-corrected chi connectivity index (χ1v) is 4.26. The van der Waals surface area contributed by atoms with Gasteiger partial charge in [0.1, 0.15) is 0 Å². The molecule has 0 saturated heterocycles. The van der Waals surface area contributed by atoms with Gasteiger partial charge in [-0.25, -0.2) is 4.79 Å². The molecule has 1 aromatic carbocycles. The lowest BCUT2D eigenvalue weighted by molar-refractivity contribution is 0.0731. The minimum Gasteiger partial charge on any atom is -0.241 e. The van der Waals surface area contributed by atoms with Crippen molar-refractivity contribution < 1.29 is 18.8 Å². The van der Waals surface area contributed by atoms with E-state index in [4.69, 9.17) is 4.89 Å². The fourth-order valence-electron chi connectivity index (χ4n) is 0.698. The van der Waals surface area contributed by atoms with Crippen LogP contribution in [0.2, 0.25) is 0 Å². The van der Waals surface area contributed by atoms with Gasteiger partial charge in [0, 0.05) is 4.57 Å². The maximum absolute atomic E-state index is 10.9. The Balaban J connectivity index is 2.73. The first kappa shape index (κ1) is 8.84. The van der Waals surface area contributed by atoms with Gasteiger partial charge in [-0.05, 0) is 12.1 Å². The van der Waals surface area contributed by atoms with E-state index in [2.05, 4.69) is 4.52 Å². The van der Waals surface area contributed by atoms with Crippen molar-refractivity contribution in [2.45, 2.75) is 0 Å². The minimum atomic E-state index is -2.86. The van der Waals surface area contributed by atoms with E-state index in [1.54, 1.807) is 18.2 Å². The maximum Gasteiger partial charge on any atom is 0.750 e. The predicted octanol–water partition coefficient (Wildman–Crippen LogP) is 1.49. The summed E-state index contributed by atoms with van der Waals surface area (Å²) in [6.07, 6.45) is 0. The zero-order chi connectivity index (χ0) is 8.97. The Bertz CT molecular complexity index is 296. The Morgan fingerprint density at radius 1 is 1.33 bits per heavy atom. The molecule has 1 atom stereocenters. The van der Waals surface area contributed by atoms with E-state index in [-0.39, 0.29) is 5.56 Å². The van der Waals surface area contributed by atoms with Crippen LogP contribution in [0.5, 0.6) is 0 Å². The number of carbonyl (C=O) groups is 1. The number of hydrogen-bond donors (Lipinski definition) is 1. The molecule has 0 spiro atoms. The summed E-state index contributed by atoms with van der Waals surface area (Å²) < 4.78 is 14.2. The van der Waals surface area contributed by atoms with Gasteiger partial charge < -0.3 is 0 Å². The molecule has 0 bridgehead atoms. The fourth-order valence-corrected chi connectivity index (χ4v) is 0.945. The van der Waals surface area contributed by atoms with Crippen LogP contribution in [0.15, 0.2) is 30.3 Å². The van der Waals surface area contributed by atoms with Crippen molar-refractivity contribution in [1.82, 2.24) is 0 Å². The van der Waals surface area contributed by atoms with E-state index in [0.29, 0.717) is 0 Å². The fraction of sp³-hybridized carbons (Fsp3) is 0. The van der Waals surface area contributed by atoms with Gasteiger partial charge >= 0.3 is 14.2 Å². The molecule has 1 aromatic rings. The van der Waals surface area contributed by atoms with Crippen molar-refractivity contribution in [3.63, 3.8) is 0 Å². The molecule has 0 aromatic heterocycles. The number of hydrogen-bond acceptors (Lipinski definition) is 3. The Labute approximate surface area is 69.7 Å². The van der Waals surface area contributed by atoms with Crippen LogP contribution in [0, 0.1) is 0 Å². The van der Waals surface area contributed by atoms with E-state index in [1.807, 2.05) is 0 Å². The number of carbonyl (C=O) groups excluding carboxylic acids is 1. The number of rotatable bonds is 2. The maximum atomic E-state index is 10.9. The van der Waals surface area contributed by atoms with Gasteiger partial charge in [-0.3, -0.25) is 0 Å². The van der Waals surface area contributed by atoms with Crippen LogP contribution in [0.3, 0.4) is 0 Å². The summed E-state index contributed by atoms with van der Waals surface area (Å²) in [4.78, 5) is 19.1. The second-order valence-corrected chi connectivity index (χ2v) is 2.64. The highest BCUT2D eigenvalue weighted by Crippen LogP contribution is 2.17. The van der Waals surface area contributed by atoms with Gasteiger partial charge in [-0.2, -0.15) is 4.52 Å². The van der Waals surface area contributed by atoms with Crippen molar-refractivity contribution in [3.8, 4) is 0 Å². The lowest BCUT2D eigenvalue weighted by atomic mass is 10.2. The average molecular weight is 185 g/mol. The largest absolute Gasteiger partial charge is 0.750 e. The molecular formula is C7H6O4P+. The van der Waals surface area contributed by atoms with Crippen molar-refractivity contribution in [1.29, 1.82) is 0 Å². The van der Waals surface area contributed by atoms with Crippen LogP contribution >= 0.6 is 8.25 Å². The quantitative estimate of drug-likeness (QED) is 0.709. The van der Waals surface area contributed by atoms with E-state index < -0.39 is 14.2 Å². The van der Waals surface area contributed by atoms with Crippen molar-refractivity contribution in [3.05, 3.63) is 35.9 Å². The van der Waals surface area contributed by atoms with E-state index >= 15 is 0 Å². The van der Waals surface area contributed by atoms with E-state index in [9.17, 15) is 9.36 Å². The van der Waals surface area contributed by atoms with Gasteiger partial charge in [0.05, 0.1) is 5.56 Å². The lowest BCUT2D eigenvalue weighted by Crippen LogP contribution is -1.98.